The van der Waals surface area contributed by atoms with Gasteiger partial charge in [0.15, 0.2) is 0 Å². The van der Waals surface area contributed by atoms with Crippen LogP contribution in [-0.2, 0) is 11.2 Å². The van der Waals surface area contributed by atoms with Crippen molar-refractivity contribution in [2.24, 2.45) is 0 Å². The number of benzene rings is 2. The van der Waals surface area contributed by atoms with Gasteiger partial charge in [-0.3, -0.25) is 4.79 Å². The van der Waals surface area contributed by atoms with Gasteiger partial charge in [0.1, 0.15) is 5.60 Å². The second kappa shape index (κ2) is 11.2. The summed E-state index contributed by atoms with van der Waals surface area (Å²) in [6, 6.07) is 14.4. The summed E-state index contributed by atoms with van der Waals surface area (Å²) in [5.41, 5.74) is 6.54. The van der Waals surface area contributed by atoms with E-state index in [-0.39, 0.29) is 17.9 Å². The molecule has 8 heteroatoms. The van der Waals surface area contributed by atoms with Crippen molar-refractivity contribution in [3.8, 4) is 5.69 Å². The number of nitrogens with one attached hydrogen (secondary N) is 2. The molecule has 4 aromatic rings. The van der Waals surface area contributed by atoms with Crippen molar-refractivity contribution in [2.45, 2.75) is 65.4 Å². The molecule has 1 fully saturated rings. The van der Waals surface area contributed by atoms with Gasteiger partial charge in [0, 0.05) is 42.7 Å². The minimum absolute atomic E-state index is 0.0807. The van der Waals surface area contributed by atoms with E-state index in [4.69, 9.17) is 9.84 Å². The molecular formula is C32H39N5O3. The van der Waals surface area contributed by atoms with Crippen molar-refractivity contribution in [3.63, 3.8) is 0 Å². The SMILES string of the molecule is Cc1ccc(-n2ncc(C(=O)NCCc3c[nH]c4ccccc34)c2C2CCN(C(=O)OC(C)(C)C)CC2)cc1C. The normalized spacial score (nSPS) is 14.5. The first-order valence-electron chi connectivity index (χ1n) is 14.1. The number of fused-ring (bicyclic) bond motifs is 1. The topological polar surface area (TPSA) is 92.3 Å². The van der Waals surface area contributed by atoms with Crippen LogP contribution >= 0.6 is 0 Å². The number of carbonyl (C=O) groups is 2. The fourth-order valence-electron chi connectivity index (χ4n) is 5.40. The van der Waals surface area contributed by atoms with Gasteiger partial charge >= 0.3 is 6.09 Å². The maximum Gasteiger partial charge on any atom is 0.410 e. The molecule has 1 aliphatic rings. The third-order valence-corrected chi connectivity index (χ3v) is 7.67. The Hall–Kier alpha value is -4.07. The van der Waals surface area contributed by atoms with Crippen molar-refractivity contribution in [1.29, 1.82) is 0 Å². The van der Waals surface area contributed by atoms with Crippen LogP contribution in [0, 0.1) is 13.8 Å². The van der Waals surface area contributed by atoms with Crippen LogP contribution in [0.5, 0.6) is 0 Å². The second-order valence-electron chi connectivity index (χ2n) is 11.7. The Morgan fingerprint density at radius 1 is 1.07 bits per heavy atom. The number of piperidine rings is 1. The molecule has 40 heavy (non-hydrogen) atoms. The predicted molar refractivity (Wildman–Crippen MR) is 157 cm³/mol. The van der Waals surface area contributed by atoms with Crippen LogP contribution in [0.25, 0.3) is 16.6 Å². The first-order chi connectivity index (χ1) is 19.1. The molecule has 0 aliphatic carbocycles. The smallest absolute Gasteiger partial charge is 0.410 e. The first-order valence-corrected chi connectivity index (χ1v) is 14.1. The molecule has 0 radical (unpaired) electrons. The fraction of sp³-hybridized carbons (Fsp3) is 0.406. The Balaban J connectivity index is 1.35. The summed E-state index contributed by atoms with van der Waals surface area (Å²) in [6.45, 7) is 11.5. The summed E-state index contributed by atoms with van der Waals surface area (Å²) >= 11 is 0. The summed E-state index contributed by atoms with van der Waals surface area (Å²) in [5.74, 6) is -0.0448. The Kier molecular flexibility index (Phi) is 7.70. The van der Waals surface area contributed by atoms with Crippen molar-refractivity contribution in [2.75, 3.05) is 19.6 Å². The largest absolute Gasteiger partial charge is 0.444 e. The van der Waals surface area contributed by atoms with Gasteiger partial charge in [-0.25, -0.2) is 9.48 Å². The molecule has 0 unspecified atom stereocenters. The zero-order chi connectivity index (χ0) is 28.4. The highest BCUT2D eigenvalue weighted by Gasteiger charge is 2.32. The van der Waals surface area contributed by atoms with Gasteiger partial charge in [-0.05, 0) is 88.8 Å². The van der Waals surface area contributed by atoms with Gasteiger partial charge in [-0.15, -0.1) is 0 Å². The summed E-state index contributed by atoms with van der Waals surface area (Å²) in [6.07, 6.45) is 5.59. The minimum atomic E-state index is -0.534. The lowest BCUT2D eigenvalue weighted by Crippen LogP contribution is -2.41. The Morgan fingerprint density at radius 2 is 1.82 bits per heavy atom. The number of aryl methyl sites for hydroxylation is 2. The lowest BCUT2D eigenvalue weighted by atomic mass is 9.90. The molecule has 8 nitrogen and oxygen atoms in total. The van der Waals surface area contributed by atoms with Crippen LogP contribution in [0.4, 0.5) is 4.79 Å². The number of ether oxygens (including phenoxy) is 1. The quantitative estimate of drug-likeness (QED) is 0.311. The number of H-pyrrole nitrogens is 1. The molecule has 0 saturated carbocycles. The van der Waals surface area contributed by atoms with Crippen LogP contribution < -0.4 is 5.32 Å². The average molecular weight is 542 g/mol. The molecule has 1 saturated heterocycles. The lowest BCUT2D eigenvalue weighted by Gasteiger charge is -2.34. The number of likely N-dealkylation sites (tertiary alicyclic amines) is 1. The highest BCUT2D eigenvalue weighted by molar-refractivity contribution is 5.95. The summed E-state index contributed by atoms with van der Waals surface area (Å²) in [7, 11) is 0. The number of hydrogen-bond acceptors (Lipinski definition) is 4. The number of aromatic nitrogens is 3. The molecule has 210 valence electrons. The highest BCUT2D eigenvalue weighted by Crippen LogP contribution is 2.33. The summed E-state index contributed by atoms with van der Waals surface area (Å²) < 4.78 is 7.50. The van der Waals surface area contributed by atoms with Crippen LogP contribution in [0.3, 0.4) is 0 Å². The number of carbonyl (C=O) groups excluding carboxylic acids is 2. The molecule has 2 N–H and O–H groups in total. The molecule has 0 spiro atoms. The number of aromatic amines is 1. The van der Waals surface area contributed by atoms with E-state index in [1.54, 1.807) is 11.1 Å². The molecular weight excluding hydrogens is 502 g/mol. The van der Waals surface area contributed by atoms with E-state index >= 15 is 0 Å². The van der Waals surface area contributed by atoms with Crippen LogP contribution in [0.2, 0.25) is 0 Å². The lowest BCUT2D eigenvalue weighted by molar-refractivity contribution is 0.0203. The van der Waals surface area contributed by atoms with Crippen LogP contribution in [0.1, 0.15) is 72.3 Å². The van der Waals surface area contributed by atoms with Crippen LogP contribution in [0.15, 0.2) is 54.9 Å². The number of para-hydroxylation sites is 1. The van der Waals surface area contributed by atoms with Gasteiger partial charge in [0.05, 0.1) is 23.1 Å². The van der Waals surface area contributed by atoms with E-state index in [0.717, 1.165) is 36.2 Å². The standard InChI is InChI=1S/C32H39N5O3/c1-21-10-11-25(18-22(21)2)37-29(23-13-16-36(17-14-23)31(39)40-32(3,4)5)27(20-35-37)30(38)33-15-12-24-19-34-28-9-7-6-8-26(24)28/h6-11,18-20,23,34H,12-17H2,1-5H3,(H,33,38). The number of nitrogens with zero attached hydrogens (tertiary/aromatic N) is 3. The maximum absolute atomic E-state index is 13.5. The van der Waals surface area contributed by atoms with E-state index < -0.39 is 5.60 Å². The van der Waals surface area contributed by atoms with Crippen LogP contribution in [-0.4, -0.2) is 56.9 Å². The Labute approximate surface area is 235 Å². The van der Waals surface area contributed by atoms with Crippen molar-refractivity contribution in [1.82, 2.24) is 25.0 Å². The third kappa shape index (κ3) is 5.91. The molecule has 2 aromatic carbocycles. The van der Waals surface area contributed by atoms with Crippen molar-refractivity contribution < 1.29 is 14.3 Å². The Morgan fingerprint density at radius 3 is 2.55 bits per heavy atom. The summed E-state index contributed by atoms with van der Waals surface area (Å²) in [5, 5.41) is 9.01. The van der Waals surface area contributed by atoms with E-state index in [0.29, 0.717) is 25.2 Å². The molecule has 0 bridgehead atoms. The monoisotopic (exact) mass is 541 g/mol. The zero-order valence-corrected chi connectivity index (χ0v) is 24.1. The maximum atomic E-state index is 13.5. The minimum Gasteiger partial charge on any atom is -0.444 e. The number of amides is 2. The molecule has 2 amide bonds. The molecule has 5 rings (SSSR count). The zero-order valence-electron chi connectivity index (χ0n) is 24.1. The van der Waals surface area contributed by atoms with E-state index in [1.807, 2.05) is 49.8 Å². The van der Waals surface area contributed by atoms with Gasteiger partial charge < -0.3 is 19.9 Å². The van der Waals surface area contributed by atoms with Gasteiger partial charge in [0.2, 0.25) is 0 Å². The molecule has 1 aliphatic heterocycles. The Bertz CT molecular complexity index is 1520. The molecule has 2 aromatic heterocycles. The first kappa shape index (κ1) is 27.5. The fourth-order valence-corrected chi connectivity index (χ4v) is 5.40. The summed E-state index contributed by atoms with van der Waals surface area (Å²) in [4.78, 5) is 31.3. The van der Waals surface area contributed by atoms with Gasteiger partial charge in [-0.1, -0.05) is 24.3 Å². The van der Waals surface area contributed by atoms with Gasteiger partial charge in [-0.2, -0.15) is 5.10 Å². The number of rotatable bonds is 6. The molecule has 3 heterocycles. The molecule has 0 atom stereocenters. The number of hydrogen-bond donors (Lipinski definition) is 2. The predicted octanol–water partition coefficient (Wildman–Crippen LogP) is 6.06. The van der Waals surface area contributed by atoms with E-state index in [2.05, 4.69) is 48.4 Å². The van der Waals surface area contributed by atoms with Crippen molar-refractivity contribution >= 4 is 22.9 Å². The van der Waals surface area contributed by atoms with Crippen molar-refractivity contribution in [3.05, 3.63) is 82.8 Å². The van der Waals surface area contributed by atoms with Gasteiger partial charge in [0.25, 0.3) is 5.91 Å². The third-order valence-electron chi connectivity index (χ3n) is 7.67. The van der Waals surface area contributed by atoms with E-state index in [9.17, 15) is 9.59 Å². The highest BCUT2D eigenvalue weighted by atomic mass is 16.6. The second-order valence-corrected chi connectivity index (χ2v) is 11.7. The van der Waals surface area contributed by atoms with E-state index in [1.165, 1.54) is 22.1 Å². The average Bonchev–Trinajstić information content (AvgIpc) is 3.54.